The zero-order chi connectivity index (χ0) is 14.7. The highest BCUT2D eigenvalue weighted by Crippen LogP contribution is 2.32. The topological polar surface area (TPSA) is 72.6 Å². The van der Waals surface area contributed by atoms with Gasteiger partial charge < -0.3 is 9.84 Å². The zero-order valence-electron chi connectivity index (χ0n) is 11.2. The van der Waals surface area contributed by atoms with E-state index in [4.69, 9.17) is 4.74 Å². The molecule has 0 bridgehead atoms. The number of aliphatic hydroxyl groups excluding tert-OH is 1. The van der Waals surface area contributed by atoms with Gasteiger partial charge in [0.1, 0.15) is 11.5 Å². The molecule has 0 amide bonds. The number of hydrogen-bond donors (Lipinski definition) is 1. The molecule has 2 aromatic carbocycles. The lowest BCUT2D eigenvalue weighted by molar-refractivity contribution is -0.384. The van der Waals surface area contributed by atoms with Crippen molar-refractivity contribution in [3.05, 3.63) is 63.7 Å². The van der Waals surface area contributed by atoms with Crippen molar-refractivity contribution in [1.82, 2.24) is 0 Å². The van der Waals surface area contributed by atoms with Crippen LogP contribution in [-0.2, 0) is 0 Å². The summed E-state index contributed by atoms with van der Waals surface area (Å²) in [5.41, 5.74) is 1.40. The van der Waals surface area contributed by atoms with Crippen LogP contribution in [0.4, 0.5) is 5.69 Å². The summed E-state index contributed by atoms with van der Waals surface area (Å²) in [6.45, 7) is 3.45. The highest BCUT2D eigenvalue weighted by molar-refractivity contribution is 5.47. The molecule has 0 radical (unpaired) electrons. The molecular formula is C15H15NO4. The Morgan fingerprint density at radius 3 is 2.55 bits per heavy atom. The Kier molecular flexibility index (Phi) is 4.00. The van der Waals surface area contributed by atoms with E-state index >= 15 is 0 Å². The van der Waals surface area contributed by atoms with Gasteiger partial charge in [-0.3, -0.25) is 10.1 Å². The summed E-state index contributed by atoms with van der Waals surface area (Å²) in [7, 11) is 0. The van der Waals surface area contributed by atoms with Gasteiger partial charge >= 0.3 is 0 Å². The molecule has 1 N–H and O–H groups in total. The number of aryl methyl sites for hydroxylation is 1. The van der Waals surface area contributed by atoms with Gasteiger partial charge in [0.2, 0.25) is 0 Å². The normalized spacial score (nSPS) is 11.9. The molecule has 5 nitrogen and oxygen atoms in total. The molecule has 0 spiro atoms. The summed E-state index contributed by atoms with van der Waals surface area (Å²) in [6.07, 6.45) is -0.676. The summed E-state index contributed by atoms with van der Waals surface area (Å²) in [5.74, 6) is 0.901. The lowest BCUT2D eigenvalue weighted by Crippen LogP contribution is -1.97. The van der Waals surface area contributed by atoms with E-state index in [-0.39, 0.29) is 5.69 Å². The number of benzene rings is 2. The van der Waals surface area contributed by atoms with Crippen LogP contribution in [0.3, 0.4) is 0 Å². The van der Waals surface area contributed by atoms with E-state index in [9.17, 15) is 15.2 Å². The molecule has 0 saturated heterocycles. The zero-order valence-corrected chi connectivity index (χ0v) is 11.2. The number of nitro benzene ring substituents is 1. The number of nitrogens with zero attached hydrogens (tertiary/aromatic N) is 1. The molecule has 0 aliphatic rings. The first-order valence-electron chi connectivity index (χ1n) is 6.19. The van der Waals surface area contributed by atoms with E-state index in [1.807, 2.05) is 6.92 Å². The fourth-order valence-electron chi connectivity index (χ4n) is 1.85. The molecule has 2 rings (SSSR count). The van der Waals surface area contributed by atoms with Crippen molar-refractivity contribution in [3.63, 3.8) is 0 Å². The average molecular weight is 273 g/mol. The third-order valence-corrected chi connectivity index (χ3v) is 2.97. The van der Waals surface area contributed by atoms with Crippen LogP contribution in [-0.4, -0.2) is 10.0 Å². The number of hydrogen-bond acceptors (Lipinski definition) is 4. The highest BCUT2D eigenvalue weighted by atomic mass is 16.6. The van der Waals surface area contributed by atoms with E-state index in [0.29, 0.717) is 17.1 Å². The number of rotatable bonds is 4. The second-order valence-corrected chi connectivity index (χ2v) is 4.52. The van der Waals surface area contributed by atoms with Crippen molar-refractivity contribution in [2.24, 2.45) is 0 Å². The molecule has 20 heavy (non-hydrogen) atoms. The largest absolute Gasteiger partial charge is 0.456 e. The first-order chi connectivity index (χ1) is 9.49. The van der Waals surface area contributed by atoms with Crippen LogP contribution < -0.4 is 4.74 Å². The second-order valence-electron chi connectivity index (χ2n) is 4.52. The number of ether oxygens (including phenoxy) is 1. The Balaban J connectivity index is 2.40. The summed E-state index contributed by atoms with van der Waals surface area (Å²) in [6, 6.07) is 11.5. The number of aliphatic hydroxyl groups is 1. The van der Waals surface area contributed by atoms with Gasteiger partial charge in [0.15, 0.2) is 0 Å². The highest BCUT2D eigenvalue weighted by Gasteiger charge is 2.13. The summed E-state index contributed by atoms with van der Waals surface area (Å²) in [5, 5.41) is 20.5. The summed E-state index contributed by atoms with van der Waals surface area (Å²) < 4.78 is 5.73. The molecule has 0 heterocycles. The molecule has 0 aliphatic heterocycles. The van der Waals surface area contributed by atoms with Gasteiger partial charge in [-0.25, -0.2) is 0 Å². The van der Waals surface area contributed by atoms with Crippen LogP contribution in [0.5, 0.6) is 11.5 Å². The van der Waals surface area contributed by atoms with Crippen molar-refractivity contribution >= 4 is 5.69 Å². The van der Waals surface area contributed by atoms with Crippen LogP contribution in [0.1, 0.15) is 24.2 Å². The molecule has 0 aliphatic carbocycles. The number of non-ortho nitro benzene ring substituents is 1. The van der Waals surface area contributed by atoms with Gasteiger partial charge in [-0.1, -0.05) is 18.2 Å². The minimum absolute atomic E-state index is 0.0277. The Morgan fingerprint density at radius 1 is 1.20 bits per heavy atom. The minimum atomic E-state index is -0.676. The van der Waals surface area contributed by atoms with E-state index in [0.717, 1.165) is 5.56 Å². The Morgan fingerprint density at radius 2 is 1.90 bits per heavy atom. The lowest BCUT2D eigenvalue weighted by Gasteiger charge is -2.14. The first kappa shape index (κ1) is 14.0. The van der Waals surface area contributed by atoms with E-state index in [1.165, 1.54) is 12.1 Å². The smallest absolute Gasteiger partial charge is 0.273 e. The fraction of sp³-hybridized carbons (Fsp3) is 0.200. The van der Waals surface area contributed by atoms with Crippen molar-refractivity contribution in [2.45, 2.75) is 20.0 Å². The second kappa shape index (κ2) is 5.71. The predicted octanol–water partition coefficient (Wildman–Crippen LogP) is 3.75. The van der Waals surface area contributed by atoms with Gasteiger partial charge in [-0.2, -0.15) is 0 Å². The molecule has 0 unspecified atom stereocenters. The number of para-hydroxylation sites is 1. The van der Waals surface area contributed by atoms with Gasteiger partial charge in [0.25, 0.3) is 5.69 Å². The van der Waals surface area contributed by atoms with Crippen LogP contribution >= 0.6 is 0 Å². The lowest BCUT2D eigenvalue weighted by atomic mass is 10.1. The summed E-state index contributed by atoms with van der Waals surface area (Å²) in [4.78, 5) is 10.3. The van der Waals surface area contributed by atoms with Crippen molar-refractivity contribution in [3.8, 4) is 11.5 Å². The Bertz CT molecular complexity index is 638. The predicted molar refractivity (Wildman–Crippen MR) is 75.0 cm³/mol. The molecule has 0 saturated carbocycles. The SMILES string of the molecule is Cc1ccc([N+](=O)[O-])cc1Oc1ccccc1[C@@H](C)O. The molecule has 0 fully saturated rings. The molecule has 104 valence electrons. The van der Waals surface area contributed by atoms with Crippen molar-refractivity contribution in [2.75, 3.05) is 0 Å². The Hall–Kier alpha value is -2.40. The molecule has 0 aromatic heterocycles. The summed E-state index contributed by atoms with van der Waals surface area (Å²) >= 11 is 0. The van der Waals surface area contributed by atoms with Gasteiger partial charge in [-0.15, -0.1) is 0 Å². The van der Waals surface area contributed by atoms with Gasteiger partial charge in [0.05, 0.1) is 17.1 Å². The average Bonchev–Trinajstić information content (AvgIpc) is 2.41. The fourth-order valence-corrected chi connectivity index (χ4v) is 1.85. The van der Waals surface area contributed by atoms with E-state index in [2.05, 4.69) is 0 Å². The maximum absolute atomic E-state index is 10.8. The maximum atomic E-state index is 10.8. The monoisotopic (exact) mass is 273 g/mol. The van der Waals surface area contributed by atoms with Gasteiger partial charge in [0, 0.05) is 11.6 Å². The third-order valence-electron chi connectivity index (χ3n) is 2.97. The number of nitro groups is 1. The van der Waals surface area contributed by atoms with Gasteiger partial charge in [-0.05, 0) is 31.5 Å². The van der Waals surface area contributed by atoms with E-state index < -0.39 is 11.0 Å². The van der Waals surface area contributed by atoms with Crippen LogP contribution in [0.25, 0.3) is 0 Å². The van der Waals surface area contributed by atoms with Crippen LogP contribution in [0.15, 0.2) is 42.5 Å². The standard InChI is InChI=1S/C15H15NO4/c1-10-7-8-12(16(18)19)9-15(10)20-14-6-4-3-5-13(14)11(2)17/h3-9,11,17H,1-2H3/t11-/m1/s1. The molecular weight excluding hydrogens is 258 g/mol. The Labute approximate surface area is 116 Å². The third kappa shape index (κ3) is 2.95. The quantitative estimate of drug-likeness (QED) is 0.680. The minimum Gasteiger partial charge on any atom is -0.456 e. The van der Waals surface area contributed by atoms with Crippen LogP contribution in [0.2, 0.25) is 0 Å². The maximum Gasteiger partial charge on any atom is 0.273 e. The molecule has 1 atom stereocenters. The van der Waals surface area contributed by atoms with Crippen LogP contribution in [0, 0.1) is 17.0 Å². The van der Waals surface area contributed by atoms with E-state index in [1.54, 1.807) is 37.3 Å². The molecule has 2 aromatic rings. The molecule has 5 heteroatoms. The first-order valence-corrected chi connectivity index (χ1v) is 6.19. The van der Waals surface area contributed by atoms with Crippen molar-refractivity contribution < 1.29 is 14.8 Å². The van der Waals surface area contributed by atoms with Crippen molar-refractivity contribution in [1.29, 1.82) is 0 Å².